The van der Waals surface area contributed by atoms with Crippen molar-refractivity contribution in [3.63, 3.8) is 0 Å². The molecule has 1 saturated heterocycles. The van der Waals surface area contributed by atoms with Gasteiger partial charge in [-0.1, -0.05) is 79.2 Å². The summed E-state index contributed by atoms with van der Waals surface area (Å²) in [7, 11) is 0. The Balaban J connectivity index is -0.000000687. The lowest BCUT2D eigenvalue weighted by Crippen LogP contribution is -2.57. The number of carbonyl (C=O) groups is 4. The second kappa shape index (κ2) is 20.4. The van der Waals surface area contributed by atoms with E-state index in [1.54, 1.807) is 13.8 Å². The molecule has 0 spiro atoms. The van der Waals surface area contributed by atoms with Gasteiger partial charge in [-0.2, -0.15) is 0 Å². The van der Waals surface area contributed by atoms with E-state index in [1.807, 2.05) is 27.7 Å². The highest BCUT2D eigenvalue weighted by atomic mass is 16.6. The predicted molar refractivity (Wildman–Crippen MR) is 211 cm³/mol. The van der Waals surface area contributed by atoms with Crippen molar-refractivity contribution in [2.75, 3.05) is 0 Å². The van der Waals surface area contributed by atoms with E-state index in [-0.39, 0.29) is 103 Å². The number of ether oxygens (including phenoxy) is 3. The average molecular weight is 729 g/mol. The van der Waals surface area contributed by atoms with Crippen molar-refractivity contribution < 1.29 is 38.5 Å². The van der Waals surface area contributed by atoms with Gasteiger partial charge in [-0.05, 0) is 116 Å². The molecule has 1 N–H and O–H groups in total. The highest BCUT2D eigenvalue weighted by Gasteiger charge is 2.63. The maximum Gasteiger partial charge on any atom is 0.309 e. The maximum atomic E-state index is 12.3. The molecule has 7 aliphatic rings. The molecule has 304 valence electrons. The van der Waals surface area contributed by atoms with Gasteiger partial charge in [-0.15, -0.1) is 0 Å². The van der Waals surface area contributed by atoms with Crippen LogP contribution in [0.5, 0.6) is 0 Å². The molecule has 7 unspecified atom stereocenters. The van der Waals surface area contributed by atoms with Crippen LogP contribution in [0.4, 0.5) is 0 Å². The Bertz CT molecular complexity index is 1070. The molecule has 8 nitrogen and oxygen atoms in total. The normalized spacial score (nSPS) is 32.3. The molecule has 1 aliphatic heterocycles. The molecule has 6 bridgehead atoms. The molecule has 0 amide bonds. The lowest BCUT2D eigenvalue weighted by Gasteiger charge is -2.61. The Hall–Kier alpha value is -2.12. The number of carboxylic acid groups (broad SMARTS) is 1. The summed E-state index contributed by atoms with van der Waals surface area (Å²) in [6, 6.07) is 0. The lowest BCUT2D eigenvalue weighted by atomic mass is 9.46. The van der Waals surface area contributed by atoms with Crippen molar-refractivity contribution in [1.29, 1.82) is 0 Å². The molecule has 6 saturated carbocycles. The Kier molecular flexibility index (Phi) is 21.3. The number of hydrogen-bond acceptors (Lipinski definition) is 7. The molecular formula is C43H84O8. The molecule has 6 aliphatic carbocycles. The number of aliphatic carboxylic acids is 1. The molecule has 0 aromatic carbocycles. The number of rotatable bonds is 9. The van der Waals surface area contributed by atoms with Gasteiger partial charge in [0, 0.05) is 17.3 Å². The summed E-state index contributed by atoms with van der Waals surface area (Å²) in [5.74, 6) is 2.47. The molecular weight excluding hydrogens is 644 g/mol. The van der Waals surface area contributed by atoms with Gasteiger partial charge in [0.2, 0.25) is 0 Å². The molecule has 0 aromatic heterocycles. The summed E-state index contributed by atoms with van der Waals surface area (Å²) in [4.78, 5) is 45.9. The van der Waals surface area contributed by atoms with Crippen LogP contribution in [-0.2, 0) is 33.4 Å². The van der Waals surface area contributed by atoms with E-state index in [0.29, 0.717) is 18.3 Å². The summed E-state index contributed by atoms with van der Waals surface area (Å²) in [5, 5.41) is 8.44. The Labute approximate surface area is 315 Å². The number of carbonyl (C=O) groups excluding carboxylic acids is 3. The zero-order valence-corrected chi connectivity index (χ0v) is 29.4. The van der Waals surface area contributed by atoms with E-state index < -0.39 is 11.4 Å². The zero-order valence-electron chi connectivity index (χ0n) is 29.4. The first-order valence-electron chi connectivity index (χ1n) is 17.8. The fourth-order valence-electron chi connectivity index (χ4n) is 9.11. The van der Waals surface area contributed by atoms with Crippen molar-refractivity contribution >= 4 is 23.9 Å². The second-order valence-electron chi connectivity index (χ2n) is 16.6. The van der Waals surface area contributed by atoms with Crippen molar-refractivity contribution in [2.24, 2.45) is 58.2 Å². The molecule has 0 aromatic rings. The minimum absolute atomic E-state index is 0. The summed E-state index contributed by atoms with van der Waals surface area (Å²) in [6.45, 7) is 17.6. The summed E-state index contributed by atoms with van der Waals surface area (Å²) >= 11 is 0. The molecule has 51 heavy (non-hydrogen) atoms. The quantitative estimate of drug-likeness (QED) is 0.184. The van der Waals surface area contributed by atoms with E-state index in [4.69, 9.17) is 19.3 Å². The second-order valence-corrected chi connectivity index (χ2v) is 16.6. The average Bonchev–Trinajstić information content (AvgIpc) is 3.61. The topological polar surface area (TPSA) is 116 Å². The molecule has 7 rings (SSSR count). The molecule has 0 radical (unpaired) electrons. The van der Waals surface area contributed by atoms with Crippen LogP contribution in [0.15, 0.2) is 0 Å². The van der Waals surface area contributed by atoms with Gasteiger partial charge in [0.1, 0.15) is 17.8 Å². The van der Waals surface area contributed by atoms with Gasteiger partial charge in [-0.3, -0.25) is 19.2 Å². The van der Waals surface area contributed by atoms with Crippen LogP contribution in [0.25, 0.3) is 0 Å². The van der Waals surface area contributed by atoms with Crippen LogP contribution < -0.4 is 0 Å². The fourth-order valence-corrected chi connectivity index (χ4v) is 9.11. The van der Waals surface area contributed by atoms with Crippen LogP contribution in [0, 0.1) is 58.2 Å². The highest BCUT2D eigenvalue weighted by Crippen LogP contribution is 2.64. The first kappa shape index (κ1) is 53.2. The molecule has 8 heteroatoms. The van der Waals surface area contributed by atoms with Crippen LogP contribution in [0.2, 0.25) is 0 Å². The van der Waals surface area contributed by atoms with E-state index >= 15 is 0 Å². The van der Waals surface area contributed by atoms with Gasteiger partial charge in [-0.25, -0.2) is 0 Å². The minimum atomic E-state index is -0.722. The Morgan fingerprint density at radius 3 is 1.63 bits per heavy atom. The zero-order chi connectivity index (χ0) is 33.5. The van der Waals surface area contributed by atoms with E-state index in [9.17, 15) is 19.2 Å². The van der Waals surface area contributed by atoms with E-state index in [0.717, 1.165) is 43.4 Å². The smallest absolute Gasteiger partial charge is 0.309 e. The largest absolute Gasteiger partial charge is 0.481 e. The maximum absolute atomic E-state index is 12.3. The van der Waals surface area contributed by atoms with Crippen molar-refractivity contribution in [2.45, 2.75) is 195 Å². The number of fused-ring (bicyclic) bond motifs is 1. The van der Waals surface area contributed by atoms with Gasteiger partial charge in [0.25, 0.3) is 0 Å². The third kappa shape index (κ3) is 11.0. The van der Waals surface area contributed by atoms with Crippen molar-refractivity contribution in [3.8, 4) is 0 Å². The van der Waals surface area contributed by atoms with Crippen LogP contribution in [-0.4, -0.2) is 46.8 Å². The first-order chi connectivity index (χ1) is 21.0. The van der Waals surface area contributed by atoms with Crippen molar-refractivity contribution in [1.82, 2.24) is 0 Å². The van der Waals surface area contributed by atoms with Crippen LogP contribution in [0.3, 0.4) is 0 Å². The predicted octanol–water partition coefficient (Wildman–Crippen LogP) is 11.4. The van der Waals surface area contributed by atoms with Gasteiger partial charge >= 0.3 is 23.9 Å². The lowest BCUT2D eigenvalue weighted by molar-refractivity contribution is -0.201. The van der Waals surface area contributed by atoms with E-state index in [1.165, 1.54) is 38.5 Å². The molecule has 7 fully saturated rings. The minimum Gasteiger partial charge on any atom is -0.481 e. The van der Waals surface area contributed by atoms with Gasteiger partial charge < -0.3 is 19.3 Å². The van der Waals surface area contributed by atoms with Gasteiger partial charge in [0.05, 0.1) is 23.2 Å². The number of hydrogen-bond donors (Lipinski definition) is 1. The Morgan fingerprint density at radius 2 is 1.24 bits per heavy atom. The fraction of sp³-hybridized carbons (Fsp3) is 0.907. The van der Waals surface area contributed by atoms with E-state index in [2.05, 4.69) is 20.8 Å². The summed E-state index contributed by atoms with van der Waals surface area (Å²) in [6.07, 6.45) is 12.0. The SMILES string of the molecule is C.C.C.C.C.C.CCC(C)(C)C(=O)O.CCC(C)C(=O)OC(C)(C)C12CC3CC(CC(C3)C1)C2.CCC(C)C(=O)OC1C2CC3C(=O)OC1C3C2. The number of esters is 3. The van der Waals surface area contributed by atoms with Crippen LogP contribution >= 0.6 is 0 Å². The van der Waals surface area contributed by atoms with Gasteiger partial charge in [0.15, 0.2) is 0 Å². The highest BCUT2D eigenvalue weighted by molar-refractivity contribution is 5.77. The first-order valence-corrected chi connectivity index (χ1v) is 17.8. The summed E-state index contributed by atoms with van der Waals surface area (Å²) in [5.41, 5.74) is -0.561. The number of carboxylic acids is 1. The molecule has 1 heterocycles. The Morgan fingerprint density at radius 1 is 0.784 bits per heavy atom. The molecule has 7 atom stereocenters. The third-order valence-corrected chi connectivity index (χ3v) is 12.8. The van der Waals surface area contributed by atoms with Crippen molar-refractivity contribution in [3.05, 3.63) is 0 Å². The third-order valence-electron chi connectivity index (χ3n) is 12.8. The monoisotopic (exact) mass is 729 g/mol. The van der Waals surface area contributed by atoms with Crippen LogP contribution in [0.1, 0.15) is 178 Å². The standard InChI is InChI=1S/C18H30O2.C13H18O4.C6H12O2.6CH4/c1-5-12(2)16(19)20-17(3,4)18-9-13-6-14(10-18)8-15(7-13)11-18;1-3-6(2)12(14)16-10-7-4-8-9(5-7)13(15)17-11(8)10;1-4-6(2,3)5(7)8;;;;;;/h12-15H,5-11H2,1-4H3;6-11H,3-5H2,1-2H3;4H2,1-3H3,(H,7,8);6*1H4. The summed E-state index contributed by atoms with van der Waals surface area (Å²) < 4.78 is 16.9.